The van der Waals surface area contributed by atoms with E-state index in [9.17, 15) is 0 Å². The monoisotopic (exact) mass is 310 g/mol. The van der Waals surface area contributed by atoms with Crippen molar-refractivity contribution in [3.63, 3.8) is 0 Å². The summed E-state index contributed by atoms with van der Waals surface area (Å²) in [7, 11) is 0. The molecule has 2 aliphatic rings. The van der Waals surface area contributed by atoms with Crippen LogP contribution < -0.4 is 5.73 Å². The molecule has 0 aliphatic carbocycles. The topological polar surface area (TPSA) is 47.7 Å². The molecule has 116 valence electrons. The van der Waals surface area contributed by atoms with Crippen molar-refractivity contribution in [3.8, 4) is 0 Å². The third kappa shape index (κ3) is 3.10. The third-order valence-electron chi connectivity index (χ3n) is 4.38. The summed E-state index contributed by atoms with van der Waals surface area (Å²) in [6.45, 7) is 5.15. The van der Waals surface area contributed by atoms with Crippen LogP contribution in [0.2, 0.25) is 5.02 Å². The average Bonchev–Trinajstić information content (AvgIpc) is 2.89. The van der Waals surface area contributed by atoms with Crippen LogP contribution in [0.1, 0.15) is 31.4 Å². The number of benzene rings is 1. The predicted molar refractivity (Wildman–Crippen MR) is 83.3 cm³/mol. The molecule has 0 saturated carbocycles. The van der Waals surface area contributed by atoms with E-state index in [0.717, 1.165) is 36.5 Å². The van der Waals surface area contributed by atoms with E-state index in [1.54, 1.807) is 0 Å². The van der Waals surface area contributed by atoms with Crippen LogP contribution in [0.25, 0.3) is 0 Å². The summed E-state index contributed by atoms with van der Waals surface area (Å²) in [5, 5.41) is 0.771. The van der Waals surface area contributed by atoms with Gasteiger partial charge in [0.05, 0.1) is 25.8 Å². The van der Waals surface area contributed by atoms with E-state index in [1.165, 1.54) is 0 Å². The van der Waals surface area contributed by atoms with Gasteiger partial charge in [0.25, 0.3) is 0 Å². The molecule has 2 heterocycles. The predicted octanol–water partition coefficient (Wildman–Crippen LogP) is 2.57. The molecular weight excluding hydrogens is 288 g/mol. The van der Waals surface area contributed by atoms with Crippen molar-refractivity contribution in [2.75, 3.05) is 26.3 Å². The molecule has 1 aromatic rings. The second-order valence-electron chi connectivity index (χ2n) is 6.01. The average molecular weight is 311 g/mol. The molecule has 21 heavy (non-hydrogen) atoms. The second-order valence-corrected chi connectivity index (χ2v) is 6.41. The molecule has 0 aromatic heterocycles. The number of nitrogens with zero attached hydrogens (tertiary/aromatic N) is 1. The minimum absolute atomic E-state index is 0.0125. The fourth-order valence-electron chi connectivity index (χ4n) is 3.52. The Labute approximate surface area is 131 Å². The number of hydrogen-bond donors (Lipinski definition) is 1. The van der Waals surface area contributed by atoms with E-state index in [1.807, 2.05) is 25.1 Å². The number of ether oxygens (including phenoxy) is 2. The van der Waals surface area contributed by atoms with Gasteiger partial charge in [-0.1, -0.05) is 29.8 Å². The maximum atomic E-state index is 6.39. The van der Waals surface area contributed by atoms with E-state index >= 15 is 0 Å². The third-order valence-corrected chi connectivity index (χ3v) is 4.72. The van der Waals surface area contributed by atoms with Crippen molar-refractivity contribution >= 4 is 11.6 Å². The van der Waals surface area contributed by atoms with Crippen LogP contribution >= 0.6 is 11.6 Å². The van der Waals surface area contributed by atoms with Crippen LogP contribution in [0.5, 0.6) is 0 Å². The number of halogens is 1. The summed E-state index contributed by atoms with van der Waals surface area (Å²) < 4.78 is 11.7. The van der Waals surface area contributed by atoms with Crippen molar-refractivity contribution in [2.24, 2.45) is 5.73 Å². The van der Waals surface area contributed by atoms with Crippen molar-refractivity contribution in [2.45, 2.75) is 37.6 Å². The van der Waals surface area contributed by atoms with Gasteiger partial charge < -0.3 is 15.2 Å². The molecule has 0 radical (unpaired) electrons. The van der Waals surface area contributed by atoms with Gasteiger partial charge in [-0.15, -0.1) is 0 Å². The van der Waals surface area contributed by atoms with Crippen LogP contribution in [-0.4, -0.2) is 43.0 Å². The molecule has 1 spiro atoms. The zero-order valence-electron chi connectivity index (χ0n) is 12.4. The Hall–Kier alpha value is -0.650. The van der Waals surface area contributed by atoms with Gasteiger partial charge >= 0.3 is 0 Å². The standard InChI is InChI=1S/C16H23ClN2O2/c1-12(18)15(13-5-2-3-6-14(13)17)19-8-4-7-16(11-19)20-9-10-21-16/h2-3,5-6,12,15H,4,7-11,18H2,1H3. The normalized spacial score (nSPS) is 25.1. The number of piperidine rings is 1. The van der Waals surface area contributed by atoms with Crippen molar-refractivity contribution in [3.05, 3.63) is 34.9 Å². The van der Waals surface area contributed by atoms with Gasteiger partial charge in [0.15, 0.2) is 5.79 Å². The van der Waals surface area contributed by atoms with Crippen molar-refractivity contribution in [1.82, 2.24) is 4.90 Å². The van der Waals surface area contributed by atoms with Crippen LogP contribution in [-0.2, 0) is 9.47 Å². The molecule has 4 nitrogen and oxygen atoms in total. The van der Waals surface area contributed by atoms with Gasteiger partial charge in [0.1, 0.15) is 0 Å². The Morgan fingerprint density at radius 2 is 2.00 bits per heavy atom. The van der Waals surface area contributed by atoms with Gasteiger partial charge in [-0.2, -0.15) is 0 Å². The first-order valence-corrected chi connectivity index (χ1v) is 8.01. The molecule has 2 N–H and O–H groups in total. The van der Waals surface area contributed by atoms with E-state index in [2.05, 4.69) is 11.0 Å². The van der Waals surface area contributed by atoms with Gasteiger partial charge in [0.2, 0.25) is 0 Å². The Kier molecular flexibility index (Phi) is 4.52. The molecule has 1 aromatic carbocycles. The molecule has 2 atom stereocenters. The van der Waals surface area contributed by atoms with Crippen molar-refractivity contribution in [1.29, 1.82) is 0 Å². The highest BCUT2D eigenvalue weighted by atomic mass is 35.5. The Bertz CT molecular complexity index is 489. The van der Waals surface area contributed by atoms with E-state index in [4.69, 9.17) is 26.8 Å². The van der Waals surface area contributed by atoms with Gasteiger partial charge in [0, 0.05) is 17.5 Å². The van der Waals surface area contributed by atoms with E-state index in [-0.39, 0.29) is 12.1 Å². The molecule has 5 heteroatoms. The van der Waals surface area contributed by atoms with Gasteiger partial charge in [-0.05, 0) is 31.5 Å². The smallest absolute Gasteiger partial charge is 0.181 e. The molecule has 2 aliphatic heterocycles. The van der Waals surface area contributed by atoms with Crippen LogP contribution in [0, 0.1) is 0 Å². The van der Waals surface area contributed by atoms with Crippen LogP contribution in [0.15, 0.2) is 24.3 Å². The minimum Gasteiger partial charge on any atom is -0.346 e. The molecule has 0 bridgehead atoms. The van der Waals surface area contributed by atoms with Crippen molar-refractivity contribution < 1.29 is 9.47 Å². The maximum Gasteiger partial charge on any atom is 0.181 e. The fourth-order valence-corrected chi connectivity index (χ4v) is 3.76. The summed E-state index contributed by atoms with van der Waals surface area (Å²) in [6, 6.07) is 8.02. The van der Waals surface area contributed by atoms with E-state index < -0.39 is 5.79 Å². The lowest BCUT2D eigenvalue weighted by Crippen LogP contribution is -2.52. The van der Waals surface area contributed by atoms with Crippen LogP contribution in [0.3, 0.4) is 0 Å². The molecule has 3 rings (SSSR count). The Morgan fingerprint density at radius 1 is 1.29 bits per heavy atom. The summed E-state index contributed by atoms with van der Waals surface area (Å²) in [6.07, 6.45) is 2.01. The largest absolute Gasteiger partial charge is 0.346 e. The Morgan fingerprint density at radius 3 is 2.67 bits per heavy atom. The van der Waals surface area contributed by atoms with E-state index in [0.29, 0.717) is 13.2 Å². The molecule has 2 unspecified atom stereocenters. The number of nitrogens with two attached hydrogens (primary N) is 1. The lowest BCUT2D eigenvalue weighted by atomic mass is 9.94. The zero-order chi connectivity index (χ0) is 14.9. The Balaban J connectivity index is 1.86. The first-order chi connectivity index (χ1) is 10.1. The second kappa shape index (κ2) is 6.23. The molecule has 2 saturated heterocycles. The maximum absolute atomic E-state index is 6.39. The number of hydrogen-bond acceptors (Lipinski definition) is 4. The quantitative estimate of drug-likeness (QED) is 0.932. The SMILES string of the molecule is CC(N)C(c1ccccc1Cl)N1CCCC2(C1)OCCO2. The fraction of sp³-hybridized carbons (Fsp3) is 0.625. The number of likely N-dealkylation sites (tertiary alicyclic amines) is 1. The van der Waals surface area contributed by atoms with Crippen LogP contribution in [0.4, 0.5) is 0 Å². The summed E-state index contributed by atoms with van der Waals surface area (Å²) in [5.41, 5.74) is 7.36. The highest BCUT2D eigenvalue weighted by molar-refractivity contribution is 6.31. The highest BCUT2D eigenvalue weighted by Crippen LogP contribution is 2.37. The zero-order valence-corrected chi connectivity index (χ0v) is 13.2. The molecule has 0 amide bonds. The summed E-state index contributed by atoms with van der Waals surface area (Å²) in [5.74, 6) is -0.438. The summed E-state index contributed by atoms with van der Waals surface area (Å²) in [4.78, 5) is 2.36. The first kappa shape index (κ1) is 15.3. The first-order valence-electron chi connectivity index (χ1n) is 7.63. The number of rotatable bonds is 3. The highest BCUT2D eigenvalue weighted by Gasteiger charge is 2.43. The molecular formula is C16H23ClN2O2. The lowest BCUT2D eigenvalue weighted by Gasteiger charge is -2.44. The minimum atomic E-state index is -0.438. The lowest BCUT2D eigenvalue weighted by molar-refractivity contribution is -0.194. The molecule has 2 fully saturated rings. The van der Waals surface area contributed by atoms with Gasteiger partial charge in [-0.25, -0.2) is 0 Å². The van der Waals surface area contributed by atoms with Gasteiger partial charge in [-0.3, -0.25) is 4.90 Å². The summed E-state index contributed by atoms with van der Waals surface area (Å²) >= 11 is 6.39.